The van der Waals surface area contributed by atoms with Gasteiger partial charge in [-0.2, -0.15) is 0 Å². The Kier molecular flexibility index (Phi) is 4.50. The van der Waals surface area contributed by atoms with Crippen molar-refractivity contribution in [2.75, 3.05) is 40.3 Å². The number of hydrogen-bond donors (Lipinski definition) is 1. The van der Waals surface area contributed by atoms with Crippen LogP contribution in [0.1, 0.15) is 10.7 Å². The highest BCUT2D eigenvalue weighted by molar-refractivity contribution is 7.09. The van der Waals surface area contributed by atoms with Gasteiger partial charge in [0, 0.05) is 44.1 Å². The van der Waals surface area contributed by atoms with Gasteiger partial charge in [-0.1, -0.05) is 0 Å². The number of nitrogens with one attached hydrogen (secondary N) is 1. The monoisotopic (exact) mass is 254 g/mol. The van der Waals surface area contributed by atoms with Crippen LogP contribution in [0.2, 0.25) is 0 Å². The fourth-order valence-corrected chi connectivity index (χ4v) is 2.79. The number of likely N-dealkylation sites (N-methyl/N-ethyl adjacent to an activating group) is 2. The van der Waals surface area contributed by atoms with E-state index in [1.165, 1.54) is 18.8 Å². The van der Waals surface area contributed by atoms with Gasteiger partial charge in [-0.25, -0.2) is 4.98 Å². The number of thiazole rings is 1. The summed E-state index contributed by atoms with van der Waals surface area (Å²) in [6.07, 6.45) is 0. The van der Waals surface area contributed by atoms with Crippen LogP contribution in [0.4, 0.5) is 0 Å². The van der Waals surface area contributed by atoms with E-state index in [2.05, 4.69) is 46.5 Å². The first-order valence-electron chi connectivity index (χ1n) is 6.15. The van der Waals surface area contributed by atoms with Crippen molar-refractivity contribution in [3.8, 4) is 0 Å². The average Bonchev–Trinajstić information content (AvgIpc) is 2.69. The van der Waals surface area contributed by atoms with Crippen molar-refractivity contribution >= 4 is 11.3 Å². The van der Waals surface area contributed by atoms with Crippen molar-refractivity contribution in [1.82, 2.24) is 20.1 Å². The van der Waals surface area contributed by atoms with E-state index in [9.17, 15) is 0 Å². The number of aromatic nitrogens is 1. The van der Waals surface area contributed by atoms with Gasteiger partial charge in [-0.05, 0) is 21.0 Å². The zero-order chi connectivity index (χ0) is 12.3. The first kappa shape index (κ1) is 13.0. The van der Waals surface area contributed by atoms with Crippen molar-refractivity contribution in [3.63, 3.8) is 0 Å². The van der Waals surface area contributed by atoms with Gasteiger partial charge in [-0.15, -0.1) is 11.3 Å². The Hall–Kier alpha value is -0.490. The molecule has 1 aliphatic heterocycles. The Morgan fingerprint density at radius 2 is 2.29 bits per heavy atom. The van der Waals surface area contributed by atoms with Crippen LogP contribution in [0, 0.1) is 6.92 Å². The van der Waals surface area contributed by atoms with E-state index in [0.717, 1.165) is 24.6 Å². The lowest BCUT2D eigenvalue weighted by atomic mass is 10.2. The normalized spacial score (nSPS) is 23.1. The van der Waals surface area contributed by atoms with E-state index in [4.69, 9.17) is 0 Å². The molecular weight excluding hydrogens is 232 g/mol. The predicted octanol–water partition coefficient (Wildman–Crippen LogP) is 0.787. The lowest BCUT2D eigenvalue weighted by Crippen LogP contribution is -2.53. The molecule has 17 heavy (non-hydrogen) atoms. The first-order valence-corrected chi connectivity index (χ1v) is 7.03. The maximum absolute atomic E-state index is 4.46. The summed E-state index contributed by atoms with van der Waals surface area (Å²) in [4.78, 5) is 9.31. The number of nitrogens with zero attached hydrogens (tertiary/aromatic N) is 3. The van der Waals surface area contributed by atoms with E-state index in [1.807, 2.05) is 0 Å². The van der Waals surface area contributed by atoms with Gasteiger partial charge in [0.15, 0.2) is 0 Å². The Morgan fingerprint density at radius 1 is 1.47 bits per heavy atom. The summed E-state index contributed by atoms with van der Waals surface area (Å²) in [6.45, 7) is 7.48. The molecule has 5 heteroatoms. The molecule has 2 heterocycles. The second-order valence-electron chi connectivity index (χ2n) is 4.89. The van der Waals surface area contributed by atoms with E-state index in [0.29, 0.717) is 6.04 Å². The smallest absolute Gasteiger partial charge is 0.0897 e. The highest BCUT2D eigenvalue weighted by atomic mass is 32.1. The molecule has 0 amide bonds. The summed E-state index contributed by atoms with van der Waals surface area (Å²) in [7, 11) is 4.41. The Balaban J connectivity index is 1.74. The molecule has 1 saturated heterocycles. The second kappa shape index (κ2) is 5.91. The van der Waals surface area contributed by atoms with Crippen molar-refractivity contribution in [2.24, 2.45) is 0 Å². The summed E-state index contributed by atoms with van der Waals surface area (Å²) < 4.78 is 0. The molecule has 1 N–H and O–H groups in total. The second-order valence-corrected chi connectivity index (χ2v) is 5.95. The number of rotatable bonds is 4. The van der Waals surface area contributed by atoms with E-state index in [1.54, 1.807) is 11.3 Å². The molecule has 2 rings (SSSR count). The highest BCUT2D eigenvalue weighted by Crippen LogP contribution is 2.08. The van der Waals surface area contributed by atoms with Crippen LogP contribution in [0.3, 0.4) is 0 Å². The van der Waals surface area contributed by atoms with Crippen LogP contribution < -0.4 is 5.32 Å². The molecule has 0 bridgehead atoms. The summed E-state index contributed by atoms with van der Waals surface area (Å²) in [5.41, 5.74) is 1.17. The highest BCUT2D eigenvalue weighted by Gasteiger charge is 2.21. The van der Waals surface area contributed by atoms with Gasteiger partial charge in [0.05, 0.1) is 10.7 Å². The number of aryl methyl sites for hydroxylation is 1. The SMILES string of the molecule is Cc1nc(CNCC2CN(C)CCN2C)cs1. The number of piperazine rings is 1. The molecule has 96 valence electrons. The summed E-state index contributed by atoms with van der Waals surface area (Å²) in [6, 6.07) is 0.619. The van der Waals surface area contributed by atoms with Crippen molar-refractivity contribution in [2.45, 2.75) is 19.5 Å². The molecule has 1 fully saturated rings. The molecule has 0 aromatic carbocycles. The molecule has 0 aliphatic carbocycles. The zero-order valence-corrected chi connectivity index (χ0v) is 11.8. The lowest BCUT2D eigenvalue weighted by Gasteiger charge is -2.37. The Bertz CT molecular complexity index is 352. The van der Waals surface area contributed by atoms with Crippen LogP contribution in [-0.4, -0.2) is 61.1 Å². The summed E-state index contributed by atoms with van der Waals surface area (Å²) in [5.74, 6) is 0. The van der Waals surface area contributed by atoms with Gasteiger partial charge < -0.3 is 10.2 Å². The summed E-state index contributed by atoms with van der Waals surface area (Å²) in [5, 5.41) is 6.80. The van der Waals surface area contributed by atoms with Gasteiger partial charge >= 0.3 is 0 Å². The molecule has 4 nitrogen and oxygen atoms in total. The number of hydrogen-bond acceptors (Lipinski definition) is 5. The van der Waals surface area contributed by atoms with Crippen molar-refractivity contribution in [3.05, 3.63) is 16.1 Å². The standard InChI is InChI=1S/C12H22N4S/c1-10-14-11(9-17-10)6-13-7-12-8-15(2)4-5-16(12)3/h9,12-13H,4-8H2,1-3H3. The fourth-order valence-electron chi connectivity index (χ4n) is 2.18. The zero-order valence-electron chi connectivity index (χ0n) is 10.9. The van der Waals surface area contributed by atoms with Gasteiger partial charge in [-0.3, -0.25) is 4.90 Å². The van der Waals surface area contributed by atoms with Crippen molar-refractivity contribution in [1.29, 1.82) is 0 Å². The quantitative estimate of drug-likeness (QED) is 0.861. The minimum Gasteiger partial charge on any atom is -0.310 e. The van der Waals surface area contributed by atoms with E-state index >= 15 is 0 Å². The molecule has 0 saturated carbocycles. The largest absolute Gasteiger partial charge is 0.310 e. The van der Waals surface area contributed by atoms with Gasteiger partial charge in [0.1, 0.15) is 0 Å². The van der Waals surface area contributed by atoms with Gasteiger partial charge in [0.25, 0.3) is 0 Å². The van der Waals surface area contributed by atoms with Crippen LogP contribution in [0.25, 0.3) is 0 Å². The molecule has 1 atom stereocenters. The third-order valence-corrected chi connectivity index (χ3v) is 4.16. The molecule has 0 spiro atoms. The molecule has 1 aromatic rings. The van der Waals surface area contributed by atoms with Crippen LogP contribution in [-0.2, 0) is 6.54 Å². The van der Waals surface area contributed by atoms with E-state index in [-0.39, 0.29) is 0 Å². The van der Waals surface area contributed by atoms with Gasteiger partial charge in [0.2, 0.25) is 0 Å². The molecular formula is C12H22N4S. The molecule has 1 aromatic heterocycles. The maximum atomic E-state index is 4.46. The molecule has 1 aliphatic rings. The first-order chi connectivity index (χ1) is 8.15. The van der Waals surface area contributed by atoms with Crippen LogP contribution >= 0.6 is 11.3 Å². The minimum atomic E-state index is 0.619. The molecule has 0 radical (unpaired) electrons. The predicted molar refractivity (Wildman–Crippen MR) is 72.5 cm³/mol. The maximum Gasteiger partial charge on any atom is 0.0897 e. The van der Waals surface area contributed by atoms with Crippen molar-refractivity contribution < 1.29 is 0 Å². The third kappa shape index (κ3) is 3.74. The van der Waals surface area contributed by atoms with Crippen LogP contribution in [0.5, 0.6) is 0 Å². The average molecular weight is 254 g/mol. The van der Waals surface area contributed by atoms with E-state index < -0.39 is 0 Å². The van der Waals surface area contributed by atoms with Crippen LogP contribution in [0.15, 0.2) is 5.38 Å². The topological polar surface area (TPSA) is 31.4 Å². The minimum absolute atomic E-state index is 0.619. The Labute approximate surface area is 108 Å². The lowest BCUT2D eigenvalue weighted by molar-refractivity contribution is 0.113. The Morgan fingerprint density at radius 3 is 3.00 bits per heavy atom. The third-order valence-electron chi connectivity index (χ3n) is 3.33. The molecule has 1 unspecified atom stereocenters. The summed E-state index contributed by atoms with van der Waals surface area (Å²) >= 11 is 1.72. The fraction of sp³-hybridized carbons (Fsp3) is 0.750.